The number of phenols is 1. The normalized spacial score (nSPS) is 14.0. The molecule has 0 aliphatic heterocycles. The van der Waals surface area contributed by atoms with Gasteiger partial charge in [0, 0.05) is 27.2 Å². The minimum absolute atomic E-state index is 0.348. The van der Waals surface area contributed by atoms with Gasteiger partial charge in [-0.25, -0.2) is 0 Å². The third kappa shape index (κ3) is 2.86. The van der Waals surface area contributed by atoms with Gasteiger partial charge in [0.25, 0.3) is 0 Å². The van der Waals surface area contributed by atoms with Crippen molar-refractivity contribution in [2.45, 2.75) is 25.7 Å². The lowest BCUT2D eigenvalue weighted by atomic mass is 9.93. The number of phenolic OH excluding ortho intramolecular Hbond substituents is 1. The molecule has 0 amide bonds. The quantitative estimate of drug-likeness (QED) is 0.248. The first-order chi connectivity index (χ1) is 12.6. The molecule has 0 saturated heterocycles. The van der Waals surface area contributed by atoms with Crippen molar-refractivity contribution in [1.29, 1.82) is 0 Å². The number of nitro benzene ring substituents is 1. The van der Waals surface area contributed by atoms with Gasteiger partial charge < -0.3 is 9.52 Å². The number of benzene rings is 2. The molecule has 0 bridgehead atoms. The summed E-state index contributed by atoms with van der Waals surface area (Å²) in [6.07, 6.45) is 5.22. The molecule has 6 nitrogen and oxygen atoms in total. The summed E-state index contributed by atoms with van der Waals surface area (Å²) in [5.41, 5.74) is 2.18. The zero-order chi connectivity index (χ0) is 18.3. The number of fused-ring (bicyclic) bond motifs is 3. The van der Waals surface area contributed by atoms with Crippen LogP contribution in [0.5, 0.6) is 5.75 Å². The van der Waals surface area contributed by atoms with Gasteiger partial charge in [-0.05, 0) is 54.0 Å². The van der Waals surface area contributed by atoms with Gasteiger partial charge in [-0.1, -0.05) is 12.1 Å². The van der Waals surface area contributed by atoms with E-state index in [9.17, 15) is 15.2 Å². The van der Waals surface area contributed by atoms with E-state index in [0.717, 1.165) is 51.7 Å². The minimum Gasteiger partial charge on any atom is -0.502 e. The Morgan fingerprint density at radius 3 is 2.81 bits per heavy atom. The Kier molecular flexibility index (Phi) is 4.39. The smallest absolute Gasteiger partial charge is 0.315 e. The first kappa shape index (κ1) is 17.0. The summed E-state index contributed by atoms with van der Waals surface area (Å²) in [7, 11) is 0. The van der Waals surface area contributed by atoms with Crippen LogP contribution in [0.4, 0.5) is 11.4 Å². The Morgan fingerprint density at radius 2 is 2.04 bits per heavy atom. The van der Waals surface area contributed by atoms with Crippen molar-refractivity contribution in [2.75, 3.05) is 0 Å². The molecular weight excluding hydrogens is 447 g/mol. The number of hydrogen-bond donors (Lipinski definition) is 1. The van der Waals surface area contributed by atoms with Crippen LogP contribution in [-0.4, -0.2) is 16.2 Å². The third-order valence-corrected chi connectivity index (χ3v) is 5.53. The van der Waals surface area contributed by atoms with Gasteiger partial charge >= 0.3 is 5.69 Å². The maximum Gasteiger partial charge on any atom is 0.315 e. The van der Waals surface area contributed by atoms with Crippen LogP contribution in [0, 0.1) is 13.7 Å². The molecule has 1 aliphatic carbocycles. The lowest BCUT2D eigenvalue weighted by Gasteiger charge is -2.10. The highest BCUT2D eigenvalue weighted by Crippen LogP contribution is 2.41. The van der Waals surface area contributed by atoms with Crippen LogP contribution in [0.2, 0.25) is 0 Å². The van der Waals surface area contributed by atoms with Gasteiger partial charge in [0.1, 0.15) is 11.3 Å². The van der Waals surface area contributed by atoms with Gasteiger partial charge in [0.05, 0.1) is 22.2 Å². The Hall–Kier alpha value is -2.42. The van der Waals surface area contributed by atoms with E-state index in [1.54, 1.807) is 0 Å². The zero-order valence-corrected chi connectivity index (χ0v) is 15.9. The van der Waals surface area contributed by atoms with E-state index in [0.29, 0.717) is 11.1 Å². The number of halogens is 1. The molecule has 26 heavy (non-hydrogen) atoms. The van der Waals surface area contributed by atoms with E-state index in [1.807, 2.05) is 24.3 Å². The molecule has 0 spiro atoms. The first-order valence-electron chi connectivity index (χ1n) is 8.29. The lowest BCUT2D eigenvalue weighted by molar-refractivity contribution is -0.385. The largest absolute Gasteiger partial charge is 0.502 e. The Balaban J connectivity index is 1.96. The average Bonchev–Trinajstić information content (AvgIpc) is 3.00. The molecule has 7 heteroatoms. The maximum atomic E-state index is 11.3. The number of rotatable bonds is 3. The van der Waals surface area contributed by atoms with Crippen molar-refractivity contribution in [3.63, 3.8) is 0 Å². The Labute approximate surface area is 162 Å². The Bertz CT molecular complexity index is 1060. The standard InChI is InChI=1S/C19H15IN2O4/c20-13-6-2-3-7-14(13)21-10-12-18-11-5-1-4-8-16(11)26-17(18)9-15(19(12)23)22(24)25/h2-3,6-7,9-10,23H,1,4-5,8H2. The van der Waals surface area contributed by atoms with Crippen molar-refractivity contribution < 1.29 is 14.4 Å². The summed E-state index contributed by atoms with van der Waals surface area (Å²) in [4.78, 5) is 15.2. The average molecular weight is 462 g/mol. The first-order valence-corrected chi connectivity index (χ1v) is 9.37. The molecule has 4 rings (SSSR count). The van der Waals surface area contributed by atoms with Crippen LogP contribution < -0.4 is 0 Å². The van der Waals surface area contributed by atoms with Crippen LogP contribution in [0.15, 0.2) is 39.7 Å². The molecule has 1 N–H and O–H groups in total. The highest BCUT2D eigenvalue weighted by atomic mass is 127. The van der Waals surface area contributed by atoms with Crippen LogP contribution in [0.1, 0.15) is 29.7 Å². The third-order valence-electron chi connectivity index (χ3n) is 4.62. The van der Waals surface area contributed by atoms with Crippen molar-refractivity contribution >= 4 is 51.1 Å². The van der Waals surface area contributed by atoms with Gasteiger partial charge in [-0.3, -0.25) is 15.1 Å². The number of nitrogens with zero attached hydrogens (tertiary/aromatic N) is 2. The minimum atomic E-state index is -0.597. The van der Waals surface area contributed by atoms with Crippen molar-refractivity contribution in [3.05, 3.63) is 60.9 Å². The molecule has 1 aromatic heterocycles. The molecule has 0 radical (unpaired) electrons. The van der Waals surface area contributed by atoms with Gasteiger partial charge in [-0.2, -0.15) is 0 Å². The molecule has 0 saturated carbocycles. The predicted molar refractivity (Wildman–Crippen MR) is 108 cm³/mol. The van der Waals surface area contributed by atoms with E-state index in [-0.39, 0.29) is 11.4 Å². The molecule has 132 valence electrons. The van der Waals surface area contributed by atoms with E-state index in [4.69, 9.17) is 4.42 Å². The summed E-state index contributed by atoms with van der Waals surface area (Å²) in [5, 5.41) is 22.6. The monoisotopic (exact) mass is 462 g/mol. The van der Waals surface area contributed by atoms with E-state index in [1.165, 1.54) is 12.3 Å². The summed E-state index contributed by atoms with van der Waals surface area (Å²) < 4.78 is 6.83. The van der Waals surface area contributed by atoms with E-state index in [2.05, 4.69) is 27.6 Å². The molecule has 1 aliphatic rings. The van der Waals surface area contributed by atoms with Crippen molar-refractivity contribution in [3.8, 4) is 5.75 Å². The van der Waals surface area contributed by atoms with Crippen molar-refractivity contribution in [1.82, 2.24) is 0 Å². The maximum absolute atomic E-state index is 11.3. The second-order valence-electron chi connectivity index (χ2n) is 6.21. The van der Waals surface area contributed by atoms with Crippen LogP contribution in [0.25, 0.3) is 11.0 Å². The fourth-order valence-corrected chi connectivity index (χ4v) is 3.92. The van der Waals surface area contributed by atoms with Crippen LogP contribution in [0.3, 0.4) is 0 Å². The van der Waals surface area contributed by atoms with Crippen LogP contribution in [-0.2, 0) is 12.8 Å². The Morgan fingerprint density at radius 1 is 1.27 bits per heavy atom. The highest BCUT2D eigenvalue weighted by Gasteiger charge is 2.27. The predicted octanol–water partition coefficient (Wildman–Crippen LogP) is 5.28. The summed E-state index contributed by atoms with van der Waals surface area (Å²) >= 11 is 2.18. The fraction of sp³-hybridized carbons (Fsp3) is 0.211. The molecule has 2 aromatic carbocycles. The molecule has 0 fully saturated rings. The topological polar surface area (TPSA) is 88.9 Å². The number of aryl methyl sites for hydroxylation is 2. The number of aliphatic imine (C=N–C) groups is 1. The second kappa shape index (κ2) is 6.71. The van der Waals surface area contributed by atoms with Crippen LogP contribution >= 0.6 is 22.6 Å². The number of para-hydroxylation sites is 1. The molecule has 0 unspecified atom stereocenters. The molecular formula is C19H15IN2O4. The van der Waals surface area contributed by atoms with Gasteiger partial charge in [0.15, 0.2) is 0 Å². The molecule has 1 heterocycles. The zero-order valence-electron chi connectivity index (χ0n) is 13.7. The number of aromatic hydroxyl groups is 1. The van der Waals surface area contributed by atoms with E-state index < -0.39 is 4.92 Å². The summed E-state index contributed by atoms with van der Waals surface area (Å²) in [6.45, 7) is 0. The summed E-state index contributed by atoms with van der Waals surface area (Å²) in [6, 6.07) is 8.88. The number of nitro groups is 1. The van der Waals surface area contributed by atoms with Gasteiger partial charge in [0.2, 0.25) is 5.75 Å². The SMILES string of the molecule is O=[N+]([O-])c1cc2oc3c(c2c(C=Nc2ccccc2I)c1O)CCCC3. The number of hydrogen-bond acceptors (Lipinski definition) is 5. The molecule has 0 atom stereocenters. The molecule has 3 aromatic rings. The number of furan rings is 1. The lowest BCUT2D eigenvalue weighted by Crippen LogP contribution is -2.00. The van der Waals surface area contributed by atoms with E-state index >= 15 is 0 Å². The van der Waals surface area contributed by atoms with Crippen molar-refractivity contribution in [2.24, 2.45) is 4.99 Å². The summed E-state index contributed by atoms with van der Waals surface area (Å²) in [5.74, 6) is 0.487. The second-order valence-corrected chi connectivity index (χ2v) is 7.37. The highest BCUT2D eigenvalue weighted by molar-refractivity contribution is 14.1. The van der Waals surface area contributed by atoms with Gasteiger partial charge in [-0.15, -0.1) is 0 Å². The fourth-order valence-electron chi connectivity index (χ4n) is 3.39.